The Morgan fingerprint density at radius 1 is 1.21 bits per heavy atom. The van der Waals surface area contributed by atoms with Gasteiger partial charge in [0.05, 0.1) is 15.9 Å². The summed E-state index contributed by atoms with van der Waals surface area (Å²) in [4.78, 5) is 2.00. The maximum Gasteiger partial charge on any atom is 0.243 e. The third kappa shape index (κ3) is 4.34. The summed E-state index contributed by atoms with van der Waals surface area (Å²) in [7, 11) is -7.24. The molecule has 1 aliphatic rings. The molecular weight excluding hydrogens is 352 g/mol. The van der Waals surface area contributed by atoms with E-state index in [1.54, 1.807) is 6.92 Å². The first-order chi connectivity index (χ1) is 11.0. The molecule has 0 amide bonds. The van der Waals surface area contributed by atoms with Crippen molar-refractivity contribution in [1.82, 2.24) is 9.21 Å². The third-order valence-electron chi connectivity index (χ3n) is 4.01. The van der Waals surface area contributed by atoms with Gasteiger partial charge in [-0.15, -0.1) is 0 Å². The molecule has 0 unspecified atom stereocenters. The number of rotatable bonds is 5. The zero-order valence-electron chi connectivity index (χ0n) is 14.1. The number of piperazine rings is 1. The Bertz CT molecular complexity index is 790. The summed E-state index contributed by atoms with van der Waals surface area (Å²) in [6.45, 7) is 5.37. The van der Waals surface area contributed by atoms with Crippen molar-refractivity contribution in [2.75, 3.05) is 32.4 Å². The lowest BCUT2D eigenvalue weighted by atomic mass is 10.2. The van der Waals surface area contributed by atoms with Crippen molar-refractivity contribution in [1.29, 1.82) is 0 Å². The van der Waals surface area contributed by atoms with Crippen molar-refractivity contribution >= 4 is 19.9 Å². The van der Waals surface area contributed by atoms with Crippen LogP contribution in [0.15, 0.2) is 34.1 Å². The normalized spacial score (nSPS) is 22.4. The molecular formula is C15H24N2O5S2. The predicted octanol–water partition coefficient (Wildman–Crippen LogP) is 0.166. The van der Waals surface area contributed by atoms with Crippen LogP contribution in [0.25, 0.3) is 0 Å². The molecule has 0 radical (unpaired) electrons. The number of aliphatic hydroxyl groups is 1. The highest BCUT2D eigenvalue weighted by molar-refractivity contribution is 7.91. The van der Waals surface area contributed by atoms with Crippen molar-refractivity contribution < 1.29 is 21.9 Å². The van der Waals surface area contributed by atoms with Gasteiger partial charge in [-0.2, -0.15) is 4.31 Å². The molecule has 2 atom stereocenters. The van der Waals surface area contributed by atoms with Gasteiger partial charge in [-0.3, -0.25) is 4.90 Å². The highest BCUT2D eigenvalue weighted by Gasteiger charge is 2.34. The van der Waals surface area contributed by atoms with Gasteiger partial charge < -0.3 is 5.11 Å². The lowest BCUT2D eigenvalue weighted by Crippen LogP contribution is -2.54. The van der Waals surface area contributed by atoms with Crippen LogP contribution in [0.5, 0.6) is 0 Å². The minimum atomic E-state index is -3.77. The smallest absolute Gasteiger partial charge is 0.243 e. The van der Waals surface area contributed by atoms with Crippen LogP contribution >= 0.6 is 0 Å². The number of β-amino-alcohol motifs (C(OH)–C–C–N with tert-alkyl or cyclic N) is 1. The molecule has 0 aliphatic carbocycles. The summed E-state index contributed by atoms with van der Waals surface area (Å²) in [5, 5.41) is 9.47. The van der Waals surface area contributed by atoms with Gasteiger partial charge in [0.1, 0.15) is 0 Å². The predicted molar refractivity (Wildman–Crippen MR) is 91.0 cm³/mol. The lowest BCUT2D eigenvalue weighted by Gasteiger charge is -2.39. The van der Waals surface area contributed by atoms with Crippen molar-refractivity contribution in [3.8, 4) is 0 Å². The van der Waals surface area contributed by atoms with Gasteiger partial charge in [0.25, 0.3) is 0 Å². The zero-order chi connectivity index (χ0) is 18.1. The molecule has 1 aliphatic heterocycles. The zero-order valence-corrected chi connectivity index (χ0v) is 15.7. The Morgan fingerprint density at radius 2 is 1.83 bits per heavy atom. The molecule has 1 fully saturated rings. The fourth-order valence-electron chi connectivity index (χ4n) is 2.91. The van der Waals surface area contributed by atoms with Crippen molar-refractivity contribution in [2.24, 2.45) is 0 Å². The highest BCUT2D eigenvalue weighted by atomic mass is 32.2. The second-order valence-electron chi connectivity index (χ2n) is 6.32. The average Bonchev–Trinajstić information content (AvgIpc) is 2.45. The summed E-state index contributed by atoms with van der Waals surface area (Å²) in [5.41, 5.74) is 0. The third-order valence-corrected chi connectivity index (χ3v) is 7.13. The van der Waals surface area contributed by atoms with Crippen LogP contribution in [0.2, 0.25) is 0 Å². The van der Waals surface area contributed by atoms with E-state index >= 15 is 0 Å². The molecule has 0 spiro atoms. The monoisotopic (exact) mass is 376 g/mol. The summed E-state index contributed by atoms with van der Waals surface area (Å²) in [6.07, 6.45) is 0.586. The Labute approximate surface area is 143 Å². The van der Waals surface area contributed by atoms with Gasteiger partial charge >= 0.3 is 0 Å². The number of sulfone groups is 1. The van der Waals surface area contributed by atoms with E-state index in [1.165, 1.54) is 28.6 Å². The summed E-state index contributed by atoms with van der Waals surface area (Å²) in [6, 6.07) is 5.19. The van der Waals surface area contributed by atoms with E-state index in [4.69, 9.17) is 0 Å². The highest BCUT2D eigenvalue weighted by Crippen LogP contribution is 2.23. The van der Waals surface area contributed by atoms with Crippen LogP contribution in [0.4, 0.5) is 0 Å². The Hall–Kier alpha value is -1.00. The lowest BCUT2D eigenvalue weighted by molar-refractivity contribution is 0.0840. The molecule has 136 valence electrons. The van der Waals surface area contributed by atoms with E-state index in [0.717, 1.165) is 6.26 Å². The molecule has 1 heterocycles. The minimum absolute atomic E-state index is 0.0102. The van der Waals surface area contributed by atoms with Crippen molar-refractivity contribution in [3.05, 3.63) is 24.3 Å². The first-order valence-electron chi connectivity index (χ1n) is 7.74. The van der Waals surface area contributed by atoms with Gasteiger partial charge in [-0.25, -0.2) is 16.8 Å². The number of benzene rings is 1. The molecule has 1 aromatic carbocycles. The van der Waals surface area contributed by atoms with E-state index in [9.17, 15) is 21.9 Å². The molecule has 0 saturated carbocycles. The fraction of sp³-hybridized carbons (Fsp3) is 0.600. The topological polar surface area (TPSA) is 95.0 Å². The van der Waals surface area contributed by atoms with Gasteiger partial charge in [0, 0.05) is 38.5 Å². The van der Waals surface area contributed by atoms with Crippen molar-refractivity contribution in [2.45, 2.75) is 35.8 Å². The molecule has 7 nitrogen and oxygen atoms in total. The molecule has 24 heavy (non-hydrogen) atoms. The van der Waals surface area contributed by atoms with E-state index in [1.807, 2.05) is 11.8 Å². The van der Waals surface area contributed by atoms with Gasteiger partial charge in [0.15, 0.2) is 9.84 Å². The number of nitrogens with zero attached hydrogens (tertiary/aromatic N) is 2. The van der Waals surface area contributed by atoms with Crippen LogP contribution < -0.4 is 0 Å². The van der Waals surface area contributed by atoms with Crippen molar-refractivity contribution in [3.63, 3.8) is 0 Å². The molecule has 2 rings (SSSR count). The Balaban J connectivity index is 2.25. The number of hydrogen-bond acceptors (Lipinski definition) is 6. The second kappa shape index (κ2) is 7.09. The summed E-state index contributed by atoms with van der Waals surface area (Å²) < 4.78 is 50.5. The van der Waals surface area contributed by atoms with Crippen LogP contribution in [0.3, 0.4) is 0 Å². The fourth-order valence-corrected chi connectivity index (χ4v) is 5.31. The van der Waals surface area contributed by atoms with Crippen LogP contribution in [0, 0.1) is 0 Å². The molecule has 0 aromatic heterocycles. The molecule has 1 N–H and O–H groups in total. The first-order valence-corrected chi connectivity index (χ1v) is 11.1. The van der Waals surface area contributed by atoms with Crippen LogP contribution in [0.1, 0.15) is 13.8 Å². The SMILES string of the molecule is C[C@H](O)CN1CCN(S(=O)(=O)c2cccc(S(C)(=O)=O)c2)[C@@H](C)C1. The standard InChI is InChI=1S/C15H24N2O5S2/c1-12-10-16(11-13(2)18)7-8-17(12)24(21,22)15-6-4-5-14(9-15)23(3,19)20/h4-6,9,12-13,18H,7-8,10-11H2,1-3H3/t12-,13-/m0/s1. The summed E-state index contributed by atoms with van der Waals surface area (Å²) >= 11 is 0. The largest absolute Gasteiger partial charge is 0.392 e. The Morgan fingerprint density at radius 3 is 2.38 bits per heavy atom. The van der Waals surface area contributed by atoms with Gasteiger partial charge in [-0.05, 0) is 32.0 Å². The summed E-state index contributed by atoms with van der Waals surface area (Å²) in [5.74, 6) is 0. The molecule has 1 saturated heterocycles. The number of aliphatic hydroxyl groups excluding tert-OH is 1. The quantitative estimate of drug-likeness (QED) is 0.787. The molecule has 0 bridgehead atoms. The number of sulfonamides is 1. The van der Waals surface area contributed by atoms with Gasteiger partial charge in [-0.1, -0.05) is 6.07 Å². The van der Waals surface area contributed by atoms with E-state index < -0.39 is 26.0 Å². The number of hydrogen-bond donors (Lipinski definition) is 1. The second-order valence-corrected chi connectivity index (χ2v) is 10.2. The maximum atomic E-state index is 12.9. The average molecular weight is 377 g/mol. The van der Waals surface area contributed by atoms with Gasteiger partial charge in [0.2, 0.25) is 10.0 Å². The van der Waals surface area contributed by atoms with Crippen LogP contribution in [-0.2, 0) is 19.9 Å². The Kier molecular flexibility index (Phi) is 5.71. The minimum Gasteiger partial charge on any atom is -0.392 e. The van der Waals surface area contributed by atoms with Crippen LogP contribution in [-0.4, -0.2) is 75.7 Å². The van der Waals surface area contributed by atoms with E-state index in [0.29, 0.717) is 26.2 Å². The molecule has 9 heteroatoms. The first kappa shape index (κ1) is 19.3. The van der Waals surface area contributed by atoms with E-state index in [2.05, 4.69) is 0 Å². The molecule has 1 aromatic rings. The van der Waals surface area contributed by atoms with E-state index in [-0.39, 0.29) is 15.8 Å². The maximum absolute atomic E-state index is 12.9.